The molecule has 0 aliphatic rings. The number of pyridine rings is 2. The van der Waals surface area contributed by atoms with Crippen molar-refractivity contribution >= 4 is 11.0 Å². The fourth-order valence-electron chi connectivity index (χ4n) is 1.03. The average molecular weight is 184 g/mol. The Bertz CT molecular complexity index is 310. The van der Waals surface area contributed by atoms with Gasteiger partial charge in [0, 0.05) is 23.4 Å². The van der Waals surface area contributed by atoms with Crippen LogP contribution in [0.2, 0.25) is 0 Å². The van der Waals surface area contributed by atoms with Gasteiger partial charge in [0.15, 0.2) is 0 Å². The molecule has 0 spiro atoms. The minimum Gasteiger partial charge on any atom is -0.255 e. The first-order chi connectivity index (χ1) is 5.97. The van der Waals surface area contributed by atoms with Crippen LogP contribution in [0.1, 0.15) is 0 Å². The Morgan fingerprint density at radius 2 is 1.15 bits per heavy atom. The monoisotopic (exact) mass is 184 g/mol. The van der Waals surface area contributed by atoms with Crippen molar-refractivity contribution in [3.8, 4) is 11.4 Å². The SMILES string of the molecule is [Si].c1ccc(-c2ccccn2)nc1. The summed E-state index contributed by atoms with van der Waals surface area (Å²) < 4.78 is 0. The zero-order chi connectivity index (χ0) is 8.23. The number of hydrogen-bond donors (Lipinski definition) is 0. The van der Waals surface area contributed by atoms with Gasteiger partial charge in [-0.15, -0.1) is 0 Å². The van der Waals surface area contributed by atoms with Crippen molar-refractivity contribution in [1.29, 1.82) is 0 Å². The highest BCUT2D eigenvalue weighted by atomic mass is 28.1. The highest BCUT2D eigenvalue weighted by molar-refractivity contribution is 5.75. The van der Waals surface area contributed by atoms with E-state index in [0.717, 1.165) is 11.4 Å². The first-order valence-electron chi connectivity index (χ1n) is 3.79. The van der Waals surface area contributed by atoms with Crippen LogP contribution in [0.4, 0.5) is 0 Å². The fourth-order valence-corrected chi connectivity index (χ4v) is 1.03. The van der Waals surface area contributed by atoms with E-state index in [1.165, 1.54) is 0 Å². The van der Waals surface area contributed by atoms with Crippen LogP contribution in [0.15, 0.2) is 48.8 Å². The minimum atomic E-state index is 0. The molecular weight excluding hydrogens is 176 g/mol. The van der Waals surface area contributed by atoms with Crippen molar-refractivity contribution in [2.24, 2.45) is 0 Å². The third kappa shape index (κ3) is 2.22. The molecule has 0 saturated heterocycles. The summed E-state index contributed by atoms with van der Waals surface area (Å²) in [6.45, 7) is 0. The van der Waals surface area contributed by atoms with Gasteiger partial charge >= 0.3 is 0 Å². The third-order valence-corrected chi connectivity index (χ3v) is 1.59. The molecule has 0 amide bonds. The average Bonchev–Trinajstić information content (AvgIpc) is 2.21. The van der Waals surface area contributed by atoms with Crippen LogP contribution < -0.4 is 0 Å². The molecule has 0 N–H and O–H groups in total. The summed E-state index contributed by atoms with van der Waals surface area (Å²) in [7, 11) is 0. The number of rotatable bonds is 1. The molecule has 0 saturated carbocycles. The Balaban J connectivity index is 0.000000845. The predicted molar refractivity (Wildman–Crippen MR) is 53.2 cm³/mol. The van der Waals surface area contributed by atoms with Crippen molar-refractivity contribution in [1.82, 2.24) is 9.97 Å². The van der Waals surface area contributed by atoms with E-state index in [-0.39, 0.29) is 11.0 Å². The smallest absolute Gasteiger partial charge is 0.0886 e. The molecule has 2 aromatic heterocycles. The molecule has 0 bridgehead atoms. The van der Waals surface area contributed by atoms with E-state index in [2.05, 4.69) is 9.97 Å². The normalized spacial score (nSPS) is 8.92. The van der Waals surface area contributed by atoms with Crippen LogP contribution in [0.3, 0.4) is 0 Å². The van der Waals surface area contributed by atoms with Gasteiger partial charge in [0.25, 0.3) is 0 Å². The Kier molecular flexibility index (Phi) is 3.34. The van der Waals surface area contributed by atoms with E-state index in [4.69, 9.17) is 0 Å². The maximum atomic E-state index is 4.19. The van der Waals surface area contributed by atoms with Crippen LogP contribution >= 0.6 is 0 Å². The topological polar surface area (TPSA) is 25.8 Å². The highest BCUT2D eigenvalue weighted by Gasteiger charge is 1.95. The zero-order valence-electron chi connectivity index (χ0n) is 7.01. The van der Waals surface area contributed by atoms with Crippen LogP contribution in [0.5, 0.6) is 0 Å². The lowest BCUT2D eigenvalue weighted by atomic mass is 10.2. The van der Waals surface area contributed by atoms with Crippen LogP contribution in [0.25, 0.3) is 11.4 Å². The molecule has 3 heteroatoms. The second kappa shape index (κ2) is 4.52. The molecule has 0 aromatic carbocycles. The molecule has 0 atom stereocenters. The van der Waals surface area contributed by atoms with Gasteiger partial charge in [-0.1, -0.05) is 12.1 Å². The van der Waals surface area contributed by atoms with Crippen molar-refractivity contribution in [3.05, 3.63) is 48.8 Å². The van der Waals surface area contributed by atoms with E-state index in [0.29, 0.717) is 0 Å². The quantitative estimate of drug-likeness (QED) is 0.631. The zero-order valence-corrected chi connectivity index (χ0v) is 8.01. The van der Waals surface area contributed by atoms with E-state index in [1.807, 2.05) is 36.4 Å². The molecule has 2 heterocycles. The Labute approximate surface area is 81.7 Å². The highest BCUT2D eigenvalue weighted by Crippen LogP contribution is 2.10. The second-order valence-electron chi connectivity index (χ2n) is 2.43. The molecule has 0 aliphatic heterocycles. The van der Waals surface area contributed by atoms with Crippen molar-refractivity contribution in [2.45, 2.75) is 0 Å². The lowest BCUT2D eigenvalue weighted by Gasteiger charge is -1.96. The summed E-state index contributed by atoms with van der Waals surface area (Å²) in [5.74, 6) is 0. The van der Waals surface area contributed by atoms with Gasteiger partial charge in [0.2, 0.25) is 0 Å². The van der Waals surface area contributed by atoms with Crippen molar-refractivity contribution < 1.29 is 0 Å². The summed E-state index contributed by atoms with van der Waals surface area (Å²) in [5.41, 5.74) is 1.83. The summed E-state index contributed by atoms with van der Waals surface area (Å²) in [5, 5.41) is 0. The minimum absolute atomic E-state index is 0. The van der Waals surface area contributed by atoms with E-state index >= 15 is 0 Å². The molecule has 2 nitrogen and oxygen atoms in total. The van der Waals surface area contributed by atoms with Gasteiger partial charge in [-0.3, -0.25) is 9.97 Å². The molecule has 62 valence electrons. The third-order valence-electron chi connectivity index (χ3n) is 1.59. The Hall–Kier alpha value is -1.48. The molecule has 0 unspecified atom stereocenters. The lowest BCUT2D eigenvalue weighted by Crippen LogP contribution is -1.83. The first-order valence-corrected chi connectivity index (χ1v) is 3.79. The maximum absolute atomic E-state index is 4.19. The summed E-state index contributed by atoms with van der Waals surface area (Å²) in [6, 6.07) is 11.6. The second-order valence-corrected chi connectivity index (χ2v) is 2.43. The molecule has 2 aromatic rings. The van der Waals surface area contributed by atoms with Gasteiger partial charge < -0.3 is 0 Å². The Morgan fingerprint density at radius 3 is 1.46 bits per heavy atom. The molecule has 0 fully saturated rings. The molecule has 2 rings (SSSR count). The molecular formula is C10H8N2Si. The summed E-state index contributed by atoms with van der Waals surface area (Å²) in [4.78, 5) is 8.37. The predicted octanol–water partition coefficient (Wildman–Crippen LogP) is 1.76. The number of aromatic nitrogens is 2. The maximum Gasteiger partial charge on any atom is 0.0886 e. The summed E-state index contributed by atoms with van der Waals surface area (Å²) in [6.07, 6.45) is 3.54. The number of nitrogens with zero attached hydrogens (tertiary/aromatic N) is 2. The summed E-state index contributed by atoms with van der Waals surface area (Å²) >= 11 is 0. The van der Waals surface area contributed by atoms with Gasteiger partial charge in [-0.2, -0.15) is 0 Å². The van der Waals surface area contributed by atoms with Crippen LogP contribution in [-0.4, -0.2) is 20.9 Å². The van der Waals surface area contributed by atoms with Crippen LogP contribution in [-0.2, 0) is 0 Å². The fraction of sp³-hybridized carbons (Fsp3) is 0. The van der Waals surface area contributed by atoms with Gasteiger partial charge in [0.1, 0.15) is 0 Å². The molecule has 13 heavy (non-hydrogen) atoms. The van der Waals surface area contributed by atoms with Crippen LogP contribution in [0, 0.1) is 0 Å². The van der Waals surface area contributed by atoms with E-state index in [1.54, 1.807) is 12.4 Å². The van der Waals surface area contributed by atoms with E-state index in [9.17, 15) is 0 Å². The van der Waals surface area contributed by atoms with E-state index < -0.39 is 0 Å². The van der Waals surface area contributed by atoms with Crippen molar-refractivity contribution in [2.75, 3.05) is 0 Å². The van der Waals surface area contributed by atoms with Gasteiger partial charge in [-0.25, -0.2) is 0 Å². The molecule has 0 aliphatic carbocycles. The number of hydrogen-bond acceptors (Lipinski definition) is 2. The first kappa shape index (κ1) is 9.60. The van der Waals surface area contributed by atoms with Gasteiger partial charge in [0.05, 0.1) is 11.4 Å². The van der Waals surface area contributed by atoms with Gasteiger partial charge in [-0.05, 0) is 24.3 Å². The lowest BCUT2D eigenvalue weighted by molar-refractivity contribution is 1.25. The van der Waals surface area contributed by atoms with Crippen molar-refractivity contribution in [3.63, 3.8) is 0 Å². The largest absolute Gasteiger partial charge is 0.255 e. The standard InChI is InChI=1S/C10H8N2.Si/c1-3-7-11-9(5-1)10-6-2-4-8-12-10;/h1-8H;. The molecule has 4 radical (unpaired) electrons. The Morgan fingerprint density at radius 1 is 0.692 bits per heavy atom.